The zero-order valence-electron chi connectivity index (χ0n) is 12.6. The fourth-order valence-electron chi connectivity index (χ4n) is 2.21. The highest BCUT2D eigenvalue weighted by Gasteiger charge is 2.23. The normalized spacial score (nSPS) is 13.4. The molecule has 2 aromatic carbocycles. The van der Waals surface area contributed by atoms with Crippen molar-refractivity contribution >= 4 is 5.91 Å². The van der Waals surface area contributed by atoms with Crippen LogP contribution in [0.2, 0.25) is 0 Å². The first-order chi connectivity index (χ1) is 10.5. The van der Waals surface area contributed by atoms with Gasteiger partial charge in [0.2, 0.25) is 5.91 Å². The van der Waals surface area contributed by atoms with Crippen molar-refractivity contribution in [3.05, 3.63) is 71.5 Å². The molecule has 0 aliphatic carbocycles. The van der Waals surface area contributed by atoms with E-state index in [0.717, 1.165) is 11.1 Å². The SMILES string of the molecule is CC(O)(CNC(=O)CCc1cccc(F)c1)c1ccccc1. The summed E-state index contributed by atoms with van der Waals surface area (Å²) in [6.07, 6.45) is 0.728. The van der Waals surface area contributed by atoms with Crippen LogP contribution >= 0.6 is 0 Å². The minimum Gasteiger partial charge on any atom is -0.384 e. The zero-order chi connectivity index (χ0) is 16.0. The summed E-state index contributed by atoms with van der Waals surface area (Å²) in [7, 11) is 0. The lowest BCUT2D eigenvalue weighted by Crippen LogP contribution is -2.38. The average Bonchev–Trinajstić information content (AvgIpc) is 2.52. The summed E-state index contributed by atoms with van der Waals surface area (Å²) in [6.45, 7) is 1.80. The van der Waals surface area contributed by atoms with Crippen LogP contribution in [0, 0.1) is 5.82 Å². The molecular formula is C18H20FNO2. The van der Waals surface area contributed by atoms with Crippen molar-refractivity contribution in [2.45, 2.75) is 25.4 Å². The van der Waals surface area contributed by atoms with E-state index in [1.807, 2.05) is 30.3 Å². The Bertz CT molecular complexity index is 626. The molecule has 0 radical (unpaired) electrons. The van der Waals surface area contributed by atoms with E-state index in [4.69, 9.17) is 0 Å². The van der Waals surface area contributed by atoms with Crippen molar-refractivity contribution < 1.29 is 14.3 Å². The van der Waals surface area contributed by atoms with E-state index in [-0.39, 0.29) is 24.7 Å². The third kappa shape index (κ3) is 4.67. The topological polar surface area (TPSA) is 49.3 Å². The first-order valence-electron chi connectivity index (χ1n) is 7.26. The standard InChI is InChI=1S/C18H20FNO2/c1-18(22,15-7-3-2-4-8-15)13-20-17(21)11-10-14-6-5-9-16(19)12-14/h2-9,12,22H,10-11,13H2,1H3,(H,20,21). The highest BCUT2D eigenvalue weighted by Crippen LogP contribution is 2.19. The lowest BCUT2D eigenvalue weighted by Gasteiger charge is -2.24. The van der Waals surface area contributed by atoms with Crippen molar-refractivity contribution in [2.24, 2.45) is 0 Å². The lowest BCUT2D eigenvalue weighted by molar-refractivity contribution is -0.122. The number of carbonyl (C=O) groups excluding carboxylic acids is 1. The van der Waals surface area contributed by atoms with Gasteiger partial charge < -0.3 is 10.4 Å². The van der Waals surface area contributed by atoms with Gasteiger partial charge in [0.05, 0.1) is 6.54 Å². The van der Waals surface area contributed by atoms with E-state index >= 15 is 0 Å². The van der Waals surface area contributed by atoms with Crippen molar-refractivity contribution in [1.29, 1.82) is 0 Å². The predicted molar refractivity (Wildman–Crippen MR) is 83.7 cm³/mol. The van der Waals surface area contributed by atoms with Gasteiger partial charge in [0.1, 0.15) is 11.4 Å². The second kappa shape index (κ2) is 7.18. The maximum atomic E-state index is 13.1. The van der Waals surface area contributed by atoms with E-state index in [1.54, 1.807) is 19.1 Å². The summed E-state index contributed by atoms with van der Waals surface area (Å²) in [5, 5.41) is 13.1. The third-order valence-corrected chi connectivity index (χ3v) is 3.56. The minimum absolute atomic E-state index is 0.138. The fraction of sp³-hybridized carbons (Fsp3) is 0.278. The van der Waals surface area contributed by atoms with Crippen LogP contribution in [0.4, 0.5) is 4.39 Å². The Hall–Kier alpha value is -2.20. The molecule has 2 rings (SSSR count). The minimum atomic E-state index is -1.12. The number of aryl methyl sites for hydroxylation is 1. The maximum Gasteiger partial charge on any atom is 0.220 e. The summed E-state index contributed by atoms with van der Waals surface area (Å²) < 4.78 is 13.1. The van der Waals surface area contributed by atoms with Crippen LogP contribution in [-0.4, -0.2) is 17.6 Å². The molecule has 0 aliphatic rings. The quantitative estimate of drug-likeness (QED) is 0.862. The molecular weight excluding hydrogens is 281 g/mol. The molecule has 0 aromatic heterocycles. The highest BCUT2D eigenvalue weighted by molar-refractivity contribution is 5.76. The van der Waals surface area contributed by atoms with Gasteiger partial charge in [-0.25, -0.2) is 4.39 Å². The lowest BCUT2D eigenvalue weighted by atomic mass is 9.96. The number of aliphatic hydroxyl groups is 1. The van der Waals surface area contributed by atoms with Gasteiger partial charge >= 0.3 is 0 Å². The van der Waals surface area contributed by atoms with Crippen LogP contribution in [0.3, 0.4) is 0 Å². The Morgan fingerprint density at radius 3 is 2.59 bits per heavy atom. The molecule has 4 heteroatoms. The van der Waals surface area contributed by atoms with Gasteiger partial charge in [-0.3, -0.25) is 4.79 Å². The van der Waals surface area contributed by atoms with E-state index in [1.165, 1.54) is 12.1 Å². The zero-order valence-corrected chi connectivity index (χ0v) is 12.6. The Morgan fingerprint density at radius 1 is 1.18 bits per heavy atom. The number of hydrogen-bond acceptors (Lipinski definition) is 2. The molecule has 0 heterocycles. The molecule has 1 unspecified atom stereocenters. The van der Waals surface area contributed by atoms with Crippen LogP contribution in [0.1, 0.15) is 24.5 Å². The summed E-state index contributed by atoms with van der Waals surface area (Å²) in [6, 6.07) is 15.4. The van der Waals surface area contributed by atoms with Crippen LogP contribution < -0.4 is 5.32 Å². The molecule has 1 amide bonds. The summed E-state index contributed by atoms with van der Waals surface area (Å²) >= 11 is 0. The molecule has 0 saturated carbocycles. The van der Waals surface area contributed by atoms with Gasteiger partial charge in [0.15, 0.2) is 0 Å². The molecule has 3 nitrogen and oxygen atoms in total. The molecule has 116 valence electrons. The van der Waals surface area contributed by atoms with Crippen molar-refractivity contribution in [3.63, 3.8) is 0 Å². The summed E-state index contributed by atoms with van der Waals surface area (Å²) in [4.78, 5) is 11.9. The molecule has 0 spiro atoms. The Balaban J connectivity index is 1.82. The Labute approximate surface area is 129 Å². The number of rotatable bonds is 6. The molecule has 2 N–H and O–H groups in total. The molecule has 2 aromatic rings. The largest absolute Gasteiger partial charge is 0.384 e. The second-order valence-electron chi connectivity index (χ2n) is 5.55. The third-order valence-electron chi connectivity index (χ3n) is 3.56. The Morgan fingerprint density at radius 2 is 1.91 bits per heavy atom. The number of amides is 1. The number of hydrogen-bond donors (Lipinski definition) is 2. The van der Waals surface area contributed by atoms with Gasteiger partial charge in [-0.2, -0.15) is 0 Å². The molecule has 1 atom stereocenters. The van der Waals surface area contributed by atoms with Gasteiger partial charge in [-0.1, -0.05) is 42.5 Å². The molecule has 0 fully saturated rings. The first-order valence-corrected chi connectivity index (χ1v) is 7.26. The van der Waals surface area contributed by atoms with E-state index in [2.05, 4.69) is 5.32 Å². The highest BCUT2D eigenvalue weighted by atomic mass is 19.1. The van der Waals surface area contributed by atoms with Crippen LogP contribution in [0.15, 0.2) is 54.6 Å². The van der Waals surface area contributed by atoms with Crippen molar-refractivity contribution in [2.75, 3.05) is 6.54 Å². The van der Waals surface area contributed by atoms with E-state index < -0.39 is 5.60 Å². The molecule has 0 bridgehead atoms. The number of nitrogens with one attached hydrogen (secondary N) is 1. The van der Waals surface area contributed by atoms with Crippen LogP contribution in [0.25, 0.3) is 0 Å². The van der Waals surface area contributed by atoms with Gasteiger partial charge in [-0.15, -0.1) is 0 Å². The van der Waals surface area contributed by atoms with Gasteiger partial charge in [0.25, 0.3) is 0 Å². The fourth-order valence-corrected chi connectivity index (χ4v) is 2.21. The predicted octanol–water partition coefficient (Wildman–Crippen LogP) is 2.78. The monoisotopic (exact) mass is 301 g/mol. The number of carbonyl (C=O) groups is 1. The van der Waals surface area contributed by atoms with Crippen molar-refractivity contribution in [3.8, 4) is 0 Å². The smallest absolute Gasteiger partial charge is 0.220 e. The van der Waals surface area contributed by atoms with Crippen molar-refractivity contribution in [1.82, 2.24) is 5.32 Å². The number of benzene rings is 2. The average molecular weight is 301 g/mol. The molecule has 0 saturated heterocycles. The van der Waals surface area contributed by atoms with Crippen LogP contribution in [-0.2, 0) is 16.8 Å². The second-order valence-corrected chi connectivity index (χ2v) is 5.55. The van der Waals surface area contributed by atoms with E-state index in [9.17, 15) is 14.3 Å². The summed E-state index contributed by atoms with van der Waals surface area (Å²) in [5.74, 6) is -0.467. The Kier molecular flexibility index (Phi) is 5.28. The maximum absolute atomic E-state index is 13.1. The summed E-state index contributed by atoms with van der Waals surface area (Å²) in [5.41, 5.74) is 0.417. The molecule has 0 aliphatic heterocycles. The van der Waals surface area contributed by atoms with Crippen LogP contribution in [0.5, 0.6) is 0 Å². The first kappa shape index (κ1) is 16.2. The van der Waals surface area contributed by atoms with E-state index in [0.29, 0.717) is 6.42 Å². The van der Waals surface area contributed by atoms with Gasteiger partial charge in [0, 0.05) is 6.42 Å². The number of halogens is 1. The van der Waals surface area contributed by atoms with Gasteiger partial charge in [-0.05, 0) is 36.6 Å². The molecule has 22 heavy (non-hydrogen) atoms.